The molecule has 0 bridgehead atoms. The van der Waals surface area contributed by atoms with E-state index in [4.69, 9.17) is 0 Å². The van der Waals surface area contributed by atoms with Crippen molar-refractivity contribution in [2.75, 3.05) is 38.1 Å². The fourth-order valence-electron chi connectivity index (χ4n) is 3.46. The van der Waals surface area contributed by atoms with Gasteiger partial charge < -0.3 is 20.4 Å². The molecular formula is C19H28IN5O2. The van der Waals surface area contributed by atoms with Gasteiger partial charge in [0, 0.05) is 38.8 Å². The number of nitrogens with zero attached hydrogens (tertiary/aromatic N) is 3. The number of amides is 2. The van der Waals surface area contributed by atoms with Crippen molar-refractivity contribution in [1.82, 2.24) is 15.5 Å². The number of hydrogen-bond donors (Lipinski definition) is 2. The van der Waals surface area contributed by atoms with E-state index in [1.54, 1.807) is 11.9 Å². The molecular weight excluding hydrogens is 457 g/mol. The SMILES string of the molecule is CN=C(NCC(=O)N1CCCCC1)NC1CC(=O)N(c2ccccc2)C1.I. The number of halogens is 1. The second-order valence-electron chi connectivity index (χ2n) is 6.75. The molecule has 0 aliphatic carbocycles. The van der Waals surface area contributed by atoms with E-state index in [1.165, 1.54) is 6.42 Å². The lowest BCUT2D eigenvalue weighted by Crippen LogP contribution is -2.49. The van der Waals surface area contributed by atoms with E-state index in [1.807, 2.05) is 35.2 Å². The van der Waals surface area contributed by atoms with Crippen LogP contribution in [0.25, 0.3) is 0 Å². The summed E-state index contributed by atoms with van der Waals surface area (Å²) in [6.07, 6.45) is 3.78. The summed E-state index contributed by atoms with van der Waals surface area (Å²) in [7, 11) is 1.67. The Morgan fingerprint density at radius 1 is 1.19 bits per heavy atom. The van der Waals surface area contributed by atoms with Crippen molar-refractivity contribution in [3.05, 3.63) is 30.3 Å². The molecule has 0 spiro atoms. The van der Waals surface area contributed by atoms with Crippen molar-refractivity contribution in [3.63, 3.8) is 0 Å². The van der Waals surface area contributed by atoms with Crippen LogP contribution in [-0.2, 0) is 9.59 Å². The second kappa shape index (κ2) is 10.5. The Kier molecular flexibility index (Phi) is 8.33. The molecule has 3 rings (SSSR count). The van der Waals surface area contributed by atoms with Gasteiger partial charge in [0.1, 0.15) is 0 Å². The van der Waals surface area contributed by atoms with Crippen LogP contribution in [0.2, 0.25) is 0 Å². The minimum absolute atomic E-state index is 0. The highest BCUT2D eigenvalue weighted by Gasteiger charge is 2.31. The molecule has 2 aliphatic heterocycles. The van der Waals surface area contributed by atoms with Crippen molar-refractivity contribution >= 4 is 47.4 Å². The predicted octanol–water partition coefficient (Wildman–Crippen LogP) is 1.59. The van der Waals surface area contributed by atoms with Gasteiger partial charge in [-0.1, -0.05) is 18.2 Å². The van der Waals surface area contributed by atoms with E-state index < -0.39 is 0 Å². The highest BCUT2D eigenvalue weighted by atomic mass is 127. The van der Waals surface area contributed by atoms with Crippen LogP contribution in [0.4, 0.5) is 5.69 Å². The minimum Gasteiger partial charge on any atom is -0.351 e. The number of nitrogens with one attached hydrogen (secondary N) is 2. The van der Waals surface area contributed by atoms with Gasteiger partial charge in [0.25, 0.3) is 0 Å². The minimum atomic E-state index is -0.0287. The van der Waals surface area contributed by atoms with Crippen molar-refractivity contribution in [3.8, 4) is 0 Å². The number of para-hydroxylation sites is 1. The number of benzene rings is 1. The number of aliphatic imine (C=N–C) groups is 1. The van der Waals surface area contributed by atoms with Crippen LogP contribution in [0.15, 0.2) is 35.3 Å². The quantitative estimate of drug-likeness (QED) is 0.386. The number of likely N-dealkylation sites (tertiary alicyclic amines) is 1. The fraction of sp³-hybridized carbons (Fsp3) is 0.526. The van der Waals surface area contributed by atoms with E-state index in [0.717, 1.165) is 31.6 Å². The van der Waals surface area contributed by atoms with Crippen molar-refractivity contribution in [1.29, 1.82) is 0 Å². The zero-order chi connectivity index (χ0) is 18.4. The Balaban J connectivity index is 0.00000261. The lowest BCUT2D eigenvalue weighted by atomic mass is 10.1. The molecule has 0 saturated carbocycles. The topological polar surface area (TPSA) is 77.0 Å². The summed E-state index contributed by atoms with van der Waals surface area (Å²) in [5, 5.41) is 6.34. The molecule has 1 unspecified atom stereocenters. The summed E-state index contributed by atoms with van der Waals surface area (Å²) in [6.45, 7) is 2.50. The molecule has 2 amide bonds. The van der Waals surface area contributed by atoms with Gasteiger partial charge in [-0.15, -0.1) is 24.0 Å². The number of piperidine rings is 1. The summed E-state index contributed by atoms with van der Waals surface area (Å²) in [5.41, 5.74) is 0.907. The third-order valence-corrected chi connectivity index (χ3v) is 4.87. The first-order valence-electron chi connectivity index (χ1n) is 9.28. The van der Waals surface area contributed by atoms with Crippen LogP contribution in [0.1, 0.15) is 25.7 Å². The van der Waals surface area contributed by atoms with Gasteiger partial charge in [-0.3, -0.25) is 14.6 Å². The summed E-state index contributed by atoms with van der Waals surface area (Å²) in [4.78, 5) is 32.4. The Hall–Kier alpha value is -1.84. The van der Waals surface area contributed by atoms with E-state index in [2.05, 4.69) is 15.6 Å². The van der Waals surface area contributed by atoms with Gasteiger partial charge in [-0.05, 0) is 31.4 Å². The molecule has 27 heavy (non-hydrogen) atoms. The molecule has 0 radical (unpaired) electrons. The van der Waals surface area contributed by atoms with Crippen LogP contribution < -0.4 is 15.5 Å². The number of carbonyl (C=O) groups is 2. The first kappa shape index (κ1) is 21.5. The number of hydrogen-bond acceptors (Lipinski definition) is 3. The van der Waals surface area contributed by atoms with Crippen LogP contribution in [0, 0.1) is 0 Å². The Bertz CT molecular complexity index is 661. The van der Waals surface area contributed by atoms with Gasteiger partial charge in [0.05, 0.1) is 12.6 Å². The Morgan fingerprint density at radius 2 is 1.89 bits per heavy atom. The molecule has 2 heterocycles. The molecule has 2 saturated heterocycles. The van der Waals surface area contributed by atoms with E-state index in [9.17, 15) is 9.59 Å². The first-order chi connectivity index (χ1) is 12.7. The molecule has 1 aromatic carbocycles. The van der Waals surface area contributed by atoms with E-state index in [-0.39, 0.29) is 48.4 Å². The van der Waals surface area contributed by atoms with Crippen molar-refractivity contribution < 1.29 is 9.59 Å². The van der Waals surface area contributed by atoms with Crippen LogP contribution in [-0.4, -0.2) is 61.9 Å². The van der Waals surface area contributed by atoms with Gasteiger partial charge in [-0.2, -0.15) is 0 Å². The summed E-state index contributed by atoms with van der Waals surface area (Å²) in [6, 6.07) is 9.63. The Morgan fingerprint density at radius 3 is 2.56 bits per heavy atom. The maximum atomic E-state index is 12.3. The lowest BCUT2D eigenvalue weighted by Gasteiger charge is -2.27. The van der Waals surface area contributed by atoms with Crippen molar-refractivity contribution in [2.45, 2.75) is 31.7 Å². The molecule has 148 valence electrons. The second-order valence-corrected chi connectivity index (χ2v) is 6.75. The average Bonchev–Trinajstić information content (AvgIpc) is 3.06. The normalized spacial score (nSPS) is 20.3. The monoisotopic (exact) mass is 485 g/mol. The first-order valence-corrected chi connectivity index (χ1v) is 9.28. The summed E-state index contributed by atoms with van der Waals surface area (Å²) in [5.74, 6) is 0.748. The predicted molar refractivity (Wildman–Crippen MR) is 118 cm³/mol. The third kappa shape index (κ3) is 5.82. The van der Waals surface area contributed by atoms with E-state index in [0.29, 0.717) is 18.9 Å². The number of carbonyl (C=O) groups excluding carboxylic acids is 2. The van der Waals surface area contributed by atoms with Gasteiger partial charge in [0.2, 0.25) is 11.8 Å². The lowest BCUT2D eigenvalue weighted by molar-refractivity contribution is -0.130. The van der Waals surface area contributed by atoms with Gasteiger partial charge in [0.15, 0.2) is 5.96 Å². The summed E-state index contributed by atoms with van der Waals surface area (Å²) >= 11 is 0. The maximum Gasteiger partial charge on any atom is 0.241 e. The average molecular weight is 485 g/mol. The van der Waals surface area contributed by atoms with Gasteiger partial charge in [-0.25, -0.2) is 0 Å². The van der Waals surface area contributed by atoms with E-state index >= 15 is 0 Å². The number of rotatable bonds is 4. The standard InChI is InChI=1S/C19H27N5O2.HI/c1-20-19(21-13-18(26)23-10-6-3-7-11-23)22-15-12-17(25)24(14-15)16-8-4-2-5-9-16;/h2,4-5,8-9,15H,3,6-7,10-14H2,1H3,(H2,20,21,22);1H. The van der Waals surface area contributed by atoms with Gasteiger partial charge >= 0.3 is 0 Å². The highest BCUT2D eigenvalue weighted by Crippen LogP contribution is 2.20. The molecule has 2 fully saturated rings. The van der Waals surface area contributed by atoms with Crippen LogP contribution in [0.3, 0.4) is 0 Å². The fourth-order valence-corrected chi connectivity index (χ4v) is 3.46. The molecule has 8 heteroatoms. The van der Waals surface area contributed by atoms with Crippen LogP contribution >= 0.6 is 24.0 Å². The molecule has 1 aromatic rings. The van der Waals surface area contributed by atoms with Crippen molar-refractivity contribution in [2.24, 2.45) is 4.99 Å². The zero-order valence-electron chi connectivity index (χ0n) is 15.7. The molecule has 1 atom stereocenters. The molecule has 2 aliphatic rings. The maximum absolute atomic E-state index is 12.3. The third-order valence-electron chi connectivity index (χ3n) is 4.87. The highest BCUT2D eigenvalue weighted by molar-refractivity contribution is 14.0. The van der Waals surface area contributed by atoms with Crippen LogP contribution in [0.5, 0.6) is 0 Å². The number of anilines is 1. The smallest absolute Gasteiger partial charge is 0.241 e. The zero-order valence-corrected chi connectivity index (χ0v) is 18.0. The number of guanidine groups is 1. The summed E-state index contributed by atoms with van der Waals surface area (Å²) < 4.78 is 0. The Labute approximate surface area is 177 Å². The molecule has 7 nitrogen and oxygen atoms in total. The molecule has 2 N–H and O–H groups in total. The largest absolute Gasteiger partial charge is 0.351 e. The molecule has 0 aromatic heterocycles.